The third kappa shape index (κ3) is 5.57. The molecule has 0 unspecified atom stereocenters. The Morgan fingerprint density at radius 2 is 2.14 bits per heavy atom. The van der Waals surface area contributed by atoms with Gasteiger partial charge in [-0.2, -0.15) is 10.4 Å². The van der Waals surface area contributed by atoms with Gasteiger partial charge in [-0.15, -0.1) is 0 Å². The van der Waals surface area contributed by atoms with E-state index in [9.17, 15) is 10.1 Å². The van der Waals surface area contributed by atoms with Crippen LogP contribution in [-0.4, -0.2) is 57.5 Å². The minimum atomic E-state index is -0.477. The molecule has 1 N–H and O–H groups in total. The molecule has 0 aliphatic carbocycles. The Labute approximate surface area is 216 Å². The van der Waals surface area contributed by atoms with Crippen LogP contribution in [0.3, 0.4) is 0 Å². The number of urea groups is 1. The number of amides is 2. The van der Waals surface area contributed by atoms with E-state index < -0.39 is 6.04 Å². The van der Waals surface area contributed by atoms with Crippen LogP contribution in [0.25, 0.3) is 0 Å². The lowest BCUT2D eigenvalue weighted by Crippen LogP contribution is -2.44. The van der Waals surface area contributed by atoms with Gasteiger partial charge in [-0.1, -0.05) is 6.07 Å². The fourth-order valence-corrected chi connectivity index (χ4v) is 4.98. The summed E-state index contributed by atoms with van der Waals surface area (Å²) in [6, 6.07) is 6.85. The SMILES string of the molecule is COc1ccc([C@H](NC(=O)N2CCc3cnc(CC4CCOCC4)nc3C2)c2cnn(C)c2)cc1C#N. The summed E-state index contributed by atoms with van der Waals surface area (Å²) >= 11 is 0. The van der Waals surface area contributed by atoms with Gasteiger partial charge in [0.25, 0.3) is 0 Å². The fourth-order valence-electron chi connectivity index (χ4n) is 4.98. The largest absolute Gasteiger partial charge is 0.495 e. The van der Waals surface area contributed by atoms with E-state index in [1.807, 2.05) is 25.5 Å². The first-order valence-corrected chi connectivity index (χ1v) is 12.6. The van der Waals surface area contributed by atoms with E-state index in [4.69, 9.17) is 14.5 Å². The van der Waals surface area contributed by atoms with Crippen molar-refractivity contribution in [2.45, 2.75) is 38.3 Å². The number of aromatic nitrogens is 4. The number of nitriles is 1. The minimum absolute atomic E-state index is 0.196. The van der Waals surface area contributed by atoms with Crippen molar-refractivity contribution in [3.05, 3.63) is 70.6 Å². The lowest BCUT2D eigenvalue weighted by molar-refractivity contribution is 0.0659. The predicted molar refractivity (Wildman–Crippen MR) is 135 cm³/mol. The zero-order chi connectivity index (χ0) is 25.8. The lowest BCUT2D eigenvalue weighted by Gasteiger charge is -2.30. The Hall–Kier alpha value is -3.97. The smallest absolute Gasteiger partial charge is 0.318 e. The quantitative estimate of drug-likeness (QED) is 0.552. The Morgan fingerprint density at radius 1 is 1.30 bits per heavy atom. The van der Waals surface area contributed by atoms with Crippen LogP contribution in [0.15, 0.2) is 36.8 Å². The zero-order valence-electron chi connectivity index (χ0n) is 21.2. The first-order valence-electron chi connectivity index (χ1n) is 12.6. The maximum atomic E-state index is 13.5. The summed E-state index contributed by atoms with van der Waals surface area (Å²) in [6.45, 7) is 2.60. The van der Waals surface area contributed by atoms with Crippen LogP contribution in [-0.2, 0) is 31.2 Å². The van der Waals surface area contributed by atoms with E-state index in [-0.39, 0.29) is 6.03 Å². The summed E-state index contributed by atoms with van der Waals surface area (Å²) in [7, 11) is 3.36. The number of methoxy groups -OCH3 is 1. The van der Waals surface area contributed by atoms with Gasteiger partial charge in [0, 0.05) is 51.2 Å². The number of hydrogen-bond donors (Lipinski definition) is 1. The number of aryl methyl sites for hydroxylation is 1. The second kappa shape index (κ2) is 11.0. The molecule has 3 aromatic rings. The van der Waals surface area contributed by atoms with E-state index in [2.05, 4.69) is 21.5 Å². The lowest BCUT2D eigenvalue weighted by atomic mass is 9.96. The topological polar surface area (TPSA) is 118 Å². The van der Waals surface area contributed by atoms with Crippen LogP contribution in [0.4, 0.5) is 4.79 Å². The van der Waals surface area contributed by atoms with Crippen LogP contribution in [0.2, 0.25) is 0 Å². The highest BCUT2D eigenvalue weighted by molar-refractivity contribution is 5.75. The van der Waals surface area contributed by atoms with Crippen LogP contribution in [0.1, 0.15) is 52.7 Å². The molecular weight excluding hydrogens is 470 g/mol. The van der Waals surface area contributed by atoms with Crippen molar-refractivity contribution in [3.8, 4) is 11.8 Å². The second-order valence-electron chi connectivity index (χ2n) is 9.59. The summed E-state index contributed by atoms with van der Waals surface area (Å²) in [6.07, 6.45) is 9.12. The highest BCUT2D eigenvalue weighted by Gasteiger charge is 2.27. The van der Waals surface area contributed by atoms with Gasteiger partial charge < -0.3 is 19.7 Å². The summed E-state index contributed by atoms with van der Waals surface area (Å²) in [4.78, 5) is 24.7. The molecule has 5 rings (SSSR count). The number of nitrogens with one attached hydrogen (secondary N) is 1. The minimum Gasteiger partial charge on any atom is -0.495 e. The van der Waals surface area contributed by atoms with Crippen molar-refractivity contribution in [1.82, 2.24) is 30.0 Å². The third-order valence-corrected chi connectivity index (χ3v) is 7.10. The maximum absolute atomic E-state index is 13.5. The van der Waals surface area contributed by atoms with Crippen LogP contribution >= 0.6 is 0 Å². The zero-order valence-corrected chi connectivity index (χ0v) is 21.2. The van der Waals surface area contributed by atoms with Crippen molar-refractivity contribution in [2.75, 3.05) is 26.9 Å². The van der Waals surface area contributed by atoms with Gasteiger partial charge >= 0.3 is 6.03 Å². The Balaban J connectivity index is 1.34. The molecule has 0 spiro atoms. The Kier molecular flexibility index (Phi) is 7.32. The molecule has 0 bridgehead atoms. The molecule has 192 valence electrons. The molecular formula is C27H31N7O3. The normalized spacial score (nSPS) is 16.5. The molecule has 2 aliphatic heterocycles. The van der Waals surface area contributed by atoms with Crippen LogP contribution in [0, 0.1) is 17.2 Å². The molecule has 37 heavy (non-hydrogen) atoms. The number of fused-ring (bicyclic) bond motifs is 1. The van der Waals surface area contributed by atoms with E-state index >= 15 is 0 Å². The molecule has 10 heteroatoms. The van der Waals surface area contributed by atoms with Crippen molar-refractivity contribution in [2.24, 2.45) is 13.0 Å². The van der Waals surface area contributed by atoms with Gasteiger partial charge in [0.05, 0.1) is 37.2 Å². The van der Waals surface area contributed by atoms with Crippen molar-refractivity contribution in [3.63, 3.8) is 0 Å². The van der Waals surface area contributed by atoms with Gasteiger partial charge in [-0.25, -0.2) is 14.8 Å². The molecule has 1 fully saturated rings. The summed E-state index contributed by atoms with van der Waals surface area (Å²) < 4.78 is 12.5. The number of nitrogens with zero attached hydrogens (tertiary/aromatic N) is 6. The molecule has 4 heterocycles. The second-order valence-corrected chi connectivity index (χ2v) is 9.59. The number of hydrogen-bond acceptors (Lipinski definition) is 7. The molecule has 0 radical (unpaired) electrons. The number of rotatable bonds is 6. The number of carbonyl (C=O) groups excluding carboxylic acids is 1. The number of benzene rings is 1. The molecule has 2 aromatic heterocycles. The van der Waals surface area contributed by atoms with Crippen molar-refractivity contribution >= 4 is 6.03 Å². The average Bonchev–Trinajstić information content (AvgIpc) is 3.37. The van der Waals surface area contributed by atoms with E-state index in [0.29, 0.717) is 36.7 Å². The van der Waals surface area contributed by atoms with Gasteiger partial charge in [0.15, 0.2) is 0 Å². The first kappa shape index (κ1) is 24.7. The average molecular weight is 502 g/mol. The number of ether oxygens (including phenoxy) is 2. The van der Waals surface area contributed by atoms with E-state index in [0.717, 1.165) is 60.7 Å². The van der Waals surface area contributed by atoms with Crippen LogP contribution in [0.5, 0.6) is 5.75 Å². The molecule has 10 nitrogen and oxygen atoms in total. The fraction of sp³-hybridized carbons (Fsp3) is 0.444. The highest BCUT2D eigenvalue weighted by Crippen LogP contribution is 2.28. The summed E-state index contributed by atoms with van der Waals surface area (Å²) in [5.41, 5.74) is 4.01. The molecule has 2 aliphatic rings. The summed E-state index contributed by atoms with van der Waals surface area (Å²) in [5.74, 6) is 1.87. The predicted octanol–water partition coefficient (Wildman–Crippen LogP) is 2.92. The Bertz CT molecular complexity index is 1310. The Morgan fingerprint density at radius 3 is 2.86 bits per heavy atom. The summed E-state index contributed by atoms with van der Waals surface area (Å²) in [5, 5.41) is 17.0. The number of carbonyl (C=O) groups is 1. The molecule has 0 saturated carbocycles. The standard InChI is InChI=1S/C27H31N7O3/c1-33-16-22(15-30-33)26(19-3-4-24(36-2)21(12-19)13-28)32-27(35)34-8-5-20-14-29-25(31-23(20)17-34)11-18-6-9-37-10-7-18/h3-4,12,14-16,18,26H,5-11,17H2,1-2H3,(H,32,35)/t26-/m0/s1. The molecule has 2 amide bonds. The van der Waals surface area contributed by atoms with Gasteiger partial charge in [-0.3, -0.25) is 4.68 Å². The van der Waals surface area contributed by atoms with E-state index in [1.165, 1.54) is 7.11 Å². The van der Waals surface area contributed by atoms with Gasteiger partial charge in [-0.05, 0) is 48.4 Å². The van der Waals surface area contributed by atoms with Gasteiger partial charge in [0.1, 0.15) is 17.6 Å². The van der Waals surface area contributed by atoms with Crippen LogP contribution < -0.4 is 10.1 Å². The van der Waals surface area contributed by atoms with Crippen molar-refractivity contribution in [1.29, 1.82) is 5.26 Å². The maximum Gasteiger partial charge on any atom is 0.318 e. The first-order chi connectivity index (χ1) is 18.0. The van der Waals surface area contributed by atoms with Gasteiger partial charge in [0.2, 0.25) is 0 Å². The molecule has 1 saturated heterocycles. The molecule has 1 aromatic carbocycles. The monoisotopic (exact) mass is 501 g/mol. The van der Waals surface area contributed by atoms with E-state index in [1.54, 1.807) is 27.9 Å². The molecule has 1 atom stereocenters. The highest BCUT2D eigenvalue weighted by atomic mass is 16.5. The third-order valence-electron chi connectivity index (χ3n) is 7.10. The van der Waals surface area contributed by atoms with Crippen molar-refractivity contribution < 1.29 is 14.3 Å².